The van der Waals surface area contributed by atoms with E-state index in [1.54, 1.807) is 0 Å². The van der Waals surface area contributed by atoms with Crippen LogP contribution in [0.1, 0.15) is 39.0 Å². The van der Waals surface area contributed by atoms with Crippen molar-refractivity contribution >= 4 is 15.9 Å². The van der Waals surface area contributed by atoms with Gasteiger partial charge in [-0.1, -0.05) is 6.92 Å². The van der Waals surface area contributed by atoms with Crippen LogP contribution in [-0.4, -0.2) is 57.1 Å². The molecule has 2 rings (SSSR count). The molecule has 2 atom stereocenters. The van der Waals surface area contributed by atoms with E-state index in [2.05, 4.69) is 17.6 Å². The standard InChI is InChI=1S/C15H29N3O3S/c1-12(13-4-3-7-16-11-13)10-15(19)17-14-5-8-18(9-6-14)22(2,20)21/h12-14,16H,3-11H2,1-2H3,(H,17,19). The number of carbonyl (C=O) groups excluding carboxylic acids is 1. The summed E-state index contributed by atoms with van der Waals surface area (Å²) in [6.45, 7) is 5.27. The highest BCUT2D eigenvalue weighted by Crippen LogP contribution is 2.22. The average Bonchev–Trinajstić information content (AvgIpc) is 2.47. The van der Waals surface area contributed by atoms with Gasteiger partial charge in [0.25, 0.3) is 0 Å². The number of nitrogens with one attached hydrogen (secondary N) is 2. The zero-order chi connectivity index (χ0) is 16.2. The third-order valence-corrected chi connectivity index (χ3v) is 6.24. The van der Waals surface area contributed by atoms with Crippen molar-refractivity contribution in [3.8, 4) is 0 Å². The number of nitrogens with zero attached hydrogens (tertiary/aromatic N) is 1. The van der Waals surface area contributed by atoms with Gasteiger partial charge in [-0.2, -0.15) is 0 Å². The minimum absolute atomic E-state index is 0.107. The molecule has 128 valence electrons. The molecule has 2 unspecified atom stereocenters. The van der Waals surface area contributed by atoms with E-state index in [0.29, 0.717) is 44.2 Å². The van der Waals surface area contributed by atoms with Crippen LogP contribution >= 0.6 is 0 Å². The molecule has 1 amide bonds. The topological polar surface area (TPSA) is 78.5 Å². The van der Waals surface area contributed by atoms with Crippen molar-refractivity contribution in [2.24, 2.45) is 11.8 Å². The van der Waals surface area contributed by atoms with Crippen LogP contribution in [-0.2, 0) is 14.8 Å². The monoisotopic (exact) mass is 331 g/mol. The Morgan fingerprint density at radius 1 is 1.32 bits per heavy atom. The molecule has 0 aromatic heterocycles. The van der Waals surface area contributed by atoms with Crippen LogP contribution in [0.25, 0.3) is 0 Å². The van der Waals surface area contributed by atoms with Gasteiger partial charge in [0.1, 0.15) is 0 Å². The molecule has 2 aliphatic heterocycles. The predicted molar refractivity (Wildman–Crippen MR) is 87.0 cm³/mol. The minimum atomic E-state index is -3.10. The Bertz CT molecular complexity index is 466. The van der Waals surface area contributed by atoms with E-state index in [9.17, 15) is 13.2 Å². The molecule has 2 fully saturated rings. The molecule has 7 heteroatoms. The second-order valence-corrected chi connectivity index (χ2v) is 8.77. The molecule has 2 aliphatic rings. The molecule has 0 aliphatic carbocycles. The van der Waals surface area contributed by atoms with E-state index in [-0.39, 0.29) is 11.9 Å². The summed E-state index contributed by atoms with van der Waals surface area (Å²) in [6, 6.07) is 0.113. The number of hydrogen-bond donors (Lipinski definition) is 2. The van der Waals surface area contributed by atoms with Crippen molar-refractivity contribution in [3.63, 3.8) is 0 Å². The summed E-state index contributed by atoms with van der Waals surface area (Å²) >= 11 is 0. The van der Waals surface area contributed by atoms with Gasteiger partial charge < -0.3 is 10.6 Å². The van der Waals surface area contributed by atoms with Crippen LogP contribution in [0.2, 0.25) is 0 Å². The zero-order valence-electron chi connectivity index (χ0n) is 13.7. The lowest BCUT2D eigenvalue weighted by Crippen LogP contribution is -2.46. The molecular formula is C15H29N3O3S. The third-order valence-electron chi connectivity index (χ3n) is 4.94. The largest absolute Gasteiger partial charge is 0.353 e. The van der Waals surface area contributed by atoms with E-state index in [1.165, 1.54) is 23.4 Å². The summed E-state index contributed by atoms with van der Waals surface area (Å²) in [7, 11) is -3.10. The van der Waals surface area contributed by atoms with Gasteiger partial charge in [-0.15, -0.1) is 0 Å². The van der Waals surface area contributed by atoms with Crippen LogP contribution in [0.4, 0.5) is 0 Å². The van der Waals surface area contributed by atoms with Gasteiger partial charge >= 0.3 is 0 Å². The lowest BCUT2D eigenvalue weighted by molar-refractivity contribution is -0.123. The Morgan fingerprint density at radius 2 is 2.00 bits per heavy atom. The van der Waals surface area contributed by atoms with E-state index in [1.807, 2.05) is 0 Å². The Balaban J connectivity index is 1.71. The first-order valence-corrected chi connectivity index (χ1v) is 10.2. The third kappa shape index (κ3) is 5.21. The van der Waals surface area contributed by atoms with Gasteiger partial charge in [0, 0.05) is 25.6 Å². The van der Waals surface area contributed by atoms with Gasteiger partial charge in [0.2, 0.25) is 15.9 Å². The second-order valence-electron chi connectivity index (χ2n) is 6.79. The summed E-state index contributed by atoms with van der Waals surface area (Å²) in [6.07, 6.45) is 5.62. The SMILES string of the molecule is CC(CC(=O)NC1CCN(S(C)(=O)=O)CC1)C1CCCNC1. The van der Waals surface area contributed by atoms with Crippen molar-refractivity contribution in [3.05, 3.63) is 0 Å². The number of hydrogen-bond acceptors (Lipinski definition) is 4. The molecule has 2 N–H and O–H groups in total. The van der Waals surface area contributed by atoms with Gasteiger partial charge in [-0.05, 0) is 50.6 Å². The highest BCUT2D eigenvalue weighted by atomic mass is 32.2. The van der Waals surface area contributed by atoms with Crippen molar-refractivity contribution in [1.29, 1.82) is 0 Å². The van der Waals surface area contributed by atoms with Crippen LogP contribution in [0.5, 0.6) is 0 Å². The van der Waals surface area contributed by atoms with E-state index < -0.39 is 10.0 Å². The minimum Gasteiger partial charge on any atom is -0.353 e. The first-order valence-electron chi connectivity index (χ1n) is 8.31. The molecule has 0 aromatic carbocycles. The zero-order valence-corrected chi connectivity index (χ0v) is 14.5. The van der Waals surface area contributed by atoms with Gasteiger partial charge in [-0.3, -0.25) is 4.79 Å². The highest BCUT2D eigenvalue weighted by Gasteiger charge is 2.27. The van der Waals surface area contributed by atoms with Crippen LogP contribution in [0.3, 0.4) is 0 Å². The van der Waals surface area contributed by atoms with E-state index >= 15 is 0 Å². The quantitative estimate of drug-likeness (QED) is 0.771. The molecule has 0 bridgehead atoms. The molecule has 2 heterocycles. The molecule has 0 spiro atoms. The fraction of sp³-hybridized carbons (Fsp3) is 0.933. The Labute approximate surface area is 134 Å². The molecule has 0 aromatic rings. The number of sulfonamides is 1. The lowest BCUT2D eigenvalue weighted by Gasteiger charge is -2.32. The van der Waals surface area contributed by atoms with E-state index in [4.69, 9.17) is 0 Å². The molecule has 6 nitrogen and oxygen atoms in total. The number of rotatable bonds is 5. The number of amides is 1. The maximum absolute atomic E-state index is 12.2. The van der Waals surface area contributed by atoms with Crippen molar-refractivity contribution < 1.29 is 13.2 Å². The maximum atomic E-state index is 12.2. The Hall–Kier alpha value is -0.660. The lowest BCUT2D eigenvalue weighted by atomic mass is 9.85. The summed E-state index contributed by atoms with van der Waals surface area (Å²) in [5.41, 5.74) is 0. The number of piperidine rings is 2. The molecule has 22 heavy (non-hydrogen) atoms. The van der Waals surface area contributed by atoms with E-state index in [0.717, 1.165) is 13.1 Å². The van der Waals surface area contributed by atoms with Crippen molar-refractivity contribution in [2.45, 2.75) is 45.1 Å². The Kier molecular flexibility index (Phi) is 6.23. The van der Waals surface area contributed by atoms with Gasteiger partial charge in [0.05, 0.1) is 6.26 Å². The molecule has 0 saturated carbocycles. The summed E-state index contributed by atoms with van der Waals surface area (Å²) < 4.78 is 24.4. The fourth-order valence-corrected chi connectivity index (χ4v) is 4.32. The fourth-order valence-electron chi connectivity index (χ4n) is 3.44. The van der Waals surface area contributed by atoms with Crippen LogP contribution < -0.4 is 10.6 Å². The smallest absolute Gasteiger partial charge is 0.220 e. The van der Waals surface area contributed by atoms with Crippen LogP contribution in [0, 0.1) is 11.8 Å². The maximum Gasteiger partial charge on any atom is 0.220 e. The Morgan fingerprint density at radius 3 is 2.55 bits per heavy atom. The first kappa shape index (κ1) is 17.7. The molecule has 2 saturated heterocycles. The average molecular weight is 331 g/mol. The normalized spacial score (nSPS) is 26.5. The number of carbonyl (C=O) groups is 1. The van der Waals surface area contributed by atoms with Crippen LogP contribution in [0.15, 0.2) is 0 Å². The summed E-state index contributed by atoms with van der Waals surface area (Å²) in [5, 5.41) is 6.48. The molecule has 0 radical (unpaired) electrons. The van der Waals surface area contributed by atoms with Gasteiger partial charge in [-0.25, -0.2) is 12.7 Å². The van der Waals surface area contributed by atoms with Gasteiger partial charge in [0.15, 0.2) is 0 Å². The molecular weight excluding hydrogens is 302 g/mol. The van der Waals surface area contributed by atoms with Crippen molar-refractivity contribution in [1.82, 2.24) is 14.9 Å². The second kappa shape index (κ2) is 7.75. The summed E-state index contributed by atoms with van der Waals surface area (Å²) in [4.78, 5) is 12.2. The first-order chi connectivity index (χ1) is 10.4. The highest BCUT2D eigenvalue weighted by molar-refractivity contribution is 7.88. The van der Waals surface area contributed by atoms with Crippen molar-refractivity contribution in [2.75, 3.05) is 32.4 Å². The predicted octanol–water partition coefficient (Wildman–Crippen LogP) is 0.552. The summed E-state index contributed by atoms with van der Waals surface area (Å²) in [5.74, 6) is 1.09.